The zero-order valence-corrected chi connectivity index (χ0v) is 14.1. The van der Waals surface area contributed by atoms with E-state index in [4.69, 9.17) is 5.73 Å². The number of benzene rings is 1. The first-order valence-corrected chi connectivity index (χ1v) is 8.33. The average molecular weight is 304 g/mol. The Bertz CT molecular complexity index is 648. The number of fused-ring (bicyclic) bond motifs is 1. The summed E-state index contributed by atoms with van der Waals surface area (Å²) in [6.07, 6.45) is 0. The molecule has 1 aliphatic rings. The van der Waals surface area contributed by atoms with Crippen LogP contribution in [0.3, 0.4) is 0 Å². The number of hydrogen-bond acceptors (Lipinski definition) is 5. The van der Waals surface area contributed by atoms with Gasteiger partial charge in [-0.25, -0.2) is 4.98 Å². The minimum absolute atomic E-state index is 0.244. The molecule has 1 aromatic heterocycles. The summed E-state index contributed by atoms with van der Waals surface area (Å²) in [4.78, 5) is 9.52. The van der Waals surface area contributed by atoms with Crippen molar-refractivity contribution in [3.8, 4) is 0 Å². The lowest BCUT2D eigenvalue weighted by Gasteiger charge is -2.43. The molecule has 1 fully saturated rings. The van der Waals surface area contributed by atoms with Crippen LogP contribution in [0.25, 0.3) is 10.2 Å². The molecule has 114 valence electrons. The maximum atomic E-state index is 6.27. The van der Waals surface area contributed by atoms with Gasteiger partial charge >= 0.3 is 0 Å². The summed E-state index contributed by atoms with van der Waals surface area (Å²) >= 11 is 1.71. The summed E-state index contributed by atoms with van der Waals surface area (Å²) < 4.78 is 1.18. The van der Waals surface area contributed by atoms with Crippen molar-refractivity contribution in [3.05, 3.63) is 17.1 Å². The normalized spacial score (nSPS) is 17.6. The van der Waals surface area contributed by atoms with Crippen molar-refractivity contribution >= 4 is 32.9 Å². The van der Waals surface area contributed by atoms with E-state index in [9.17, 15) is 0 Å². The van der Waals surface area contributed by atoms with Crippen LogP contribution < -0.4 is 10.6 Å². The molecule has 1 aromatic carbocycles. The van der Waals surface area contributed by atoms with Gasteiger partial charge < -0.3 is 10.6 Å². The Kier molecular flexibility index (Phi) is 3.58. The molecule has 0 spiro atoms. The molecular formula is C16H24N4S. The predicted octanol–water partition coefficient (Wildman–Crippen LogP) is 3.11. The molecule has 4 nitrogen and oxygen atoms in total. The van der Waals surface area contributed by atoms with Gasteiger partial charge in [-0.2, -0.15) is 0 Å². The number of aryl methyl sites for hydroxylation is 1. The lowest BCUT2D eigenvalue weighted by molar-refractivity contribution is 0.128. The summed E-state index contributed by atoms with van der Waals surface area (Å²) in [5.41, 5.74) is 9.59. The Balaban J connectivity index is 1.83. The highest BCUT2D eigenvalue weighted by molar-refractivity contribution is 7.18. The Morgan fingerprint density at radius 3 is 2.43 bits per heavy atom. The molecule has 2 N–H and O–H groups in total. The van der Waals surface area contributed by atoms with E-state index in [1.54, 1.807) is 11.3 Å². The highest BCUT2D eigenvalue weighted by Gasteiger charge is 2.26. The predicted molar refractivity (Wildman–Crippen MR) is 92.3 cm³/mol. The van der Waals surface area contributed by atoms with Gasteiger partial charge in [-0.15, -0.1) is 11.3 Å². The van der Waals surface area contributed by atoms with Crippen molar-refractivity contribution in [2.24, 2.45) is 0 Å². The van der Waals surface area contributed by atoms with E-state index in [0.717, 1.165) is 48.1 Å². The SMILES string of the molecule is Cc1nc2cc(N3CCN(C(C)(C)C)CC3)c(N)cc2s1. The lowest BCUT2D eigenvalue weighted by atomic mass is 10.0. The molecule has 1 aliphatic heterocycles. The van der Waals surface area contributed by atoms with Gasteiger partial charge in [-0.3, -0.25) is 4.90 Å². The van der Waals surface area contributed by atoms with Gasteiger partial charge in [-0.05, 0) is 39.8 Å². The first kappa shape index (κ1) is 14.6. The first-order chi connectivity index (χ1) is 9.84. The van der Waals surface area contributed by atoms with Crippen LogP contribution in [0.15, 0.2) is 12.1 Å². The first-order valence-electron chi connectivity index (χ1n) is 7.51. The number of nitrogens with two attached hydrogens (primary N) is 1. The van der Waals surface area contributed by atoms with E-state index in [0.29, 0.717) is 0 Å². The van der Waals surface area contributed by atoms with Crippen molar-refractivity contribution in [1.29, 1.82) is 0 Å². The summed E-state index contributed by atoms with van der Waals surface area (Å²) in [6.45, 7) is 13.1. The zero-order chi connectivity index (χ0) is 15.2. The van der Waals surface area contributed by atoms with Crippen LogP contribution in [0.2, 0.25) is 0 Å². The van der Waals surface area contributed by atoms with Crippen LogP contribution in [-0.2, 0) is 0 Å². The van der Waals surface area contributed by atoms with E-state index in [1.807, 2.05) is 6.92 Å². The Hall–Kier alpha value is -1.33. The number of aromatic nitrogens is 1. The summed E-state index contributed by atoms with van der Waals surface area (Å²) in [5, 5.41) is 1.10. The molecule has 0 aliphatic carbocycles. The Morgan fingerprint density at radius 2 is 1.81 bits per heavy atom. The zero-order valence-electron chi connectivity index (χ0n) is 13.3. The maximum absolute atomic E-state index is 6.27. The molecule has 21 heavy (non-hydrogen) atoms. The molecular weight excluding hydrogens is 280 g/mol. The van der Waals surface area contributed by atoms with E-state index < -0.39 is 0 Å². The van der Waals surface area contributed by atoms with Crippen molar-refractivity contribution in [2.45, 2.75) is 33.2 Å². The van der Waals surface area contributed by atoms with Crippen LogP contribution in [0.5, 0.6) is 0 Å². The second-order valence-electron chi connectivity index (χ2n) is 6.76. The van der Waals surface area contributed by atoms with Crippen LogP contribution in [0, 0.1) is 6.92 Å². The smallest absolute Gasteiger partial charge is 0.0907 e. The minimum Gasteiger partial charge on any atom is -0.397 e. The molecule has 0 saturated carbocycles. The second-order valence-corrected chi connectivity index (χ2v) is 7.99. The Labute approximate surface area is 130 Å². The van der Waals surface area contributed by atoms with Crippen molar-refractivity contribution < 1.29 is 0 Å². The van der Waals surface area contributed by atoms with Crippen LogP contribution in [0.4, 0.5) is 11.4 Å². The lowest BCUT2D eigenvalue weighted by Crippen LogP contribution is -2.53. The van der Waals surface area contributed by atoms with Crippen LogP contribution in [0.1, 0.15) is 25.8 Å². The highest BCUT2D eigenvalue weighted by Crippen LogP contribution is 2.33. The number of thiazole rings is 1. The third-order valence-corrected chi connectivity index (χ3v) is 5.15. The largest absolute Gasteiger partial charge is 0.397 e. The molecule has 0 amide bonds. The summed E-state index contributed by atoms with van der Waals surface area (Å²) in [6, 6.07) is 4.23. The number of nitrogens with zero attached hydrogens (tertiary/aromatic N) is 3. The number of hydrogen-bond donors (Lipinski definition) is 1. The van der Waals surface area contributed by atoms with E-state index in [1.165, 1.54) is 4.70 Å². The van der Waals surface area contributed by atoms with Gasteiger partial charge in [0.25, 0.3) is 0 Å². The highest BCUT2D eigenvalue weighted by atomic mass is 32.1. The fraction of sp³-hybridized carbons (Fsp3) is 0.562. The fourth-order valence-electron chi connectivity index (χ4n) is 2.99. The molecule has 2 aromatic rings. The standard InChI is InChI=1S/C16H24N4S/c1-11-18-13-10-14(12(17)9-15(13)21-11)19-5-7-20(8-6-19)16(2,3)4/h9-10H,5-8,17H2,1-4H3. The van der Waals surface area contributed by atoms with Crippen LogP contribution >= 0.6 is 11.3 Å². The van der Waals surface area contributed by atoms with Crippen molar-refractivity contribution in [3.63, 3.8) is 0 Å². The maximum Gasteiger partial charge on any atom is 0.0907 e. The van der Waals surface area contributed by atoms with Gasteiger partial charge in [0.15, 0.2) is 0 Å². The Morgan fingerprint density at radius 1 is 1.14 bits per heavy atom. The quantitative estimate of drug-likeness (QED) is 0.822. The minimum atomic E-state index is 0.244. The monoisotopic (exact) mass is 304 g/mol. The number of rotatable bonds is 1. The van der Waals surface area contributed by atoms with Crippen molar-refractivity contribution in [2.75, 3.05) is 36.8 Å². The topological polar surface area (TPSA) is 45.4 Å². The van der Waals surface area contributed by atoms with E-state index in [-0.39, 0.29) is 5.54 Å². The van der Waals surface area contributed by atoms with Gasteiger partial charge in [-0.1, -0.05) is 0 Å². The molecule has 2 heterocycles. The van der Waals surface area contributed by atoms with Crippen molar-refractivity contribution in [1.82, 2.24) is 9.88 Å². The number of piperazine rings is 1. The van der Waals surface area contributed by atoms with E-state index >= 15 is 0 Å². The molecule has 0 atom stereocenters. The molecule has 5 heteroatoms. The van der Waals surface area contributed by atoms with Crippen LogP contribution in [-0.4, -0.2) is 41.6 Å². The van der Waals surface area contributed by atoms with Gasteiger partial charge in [0.05, 0.1) is 26.6 Å². The number of anilines is 2. The summed E-state index contributed by atoms with van der Waals surface area (Å²) in [5.74, 6) is 0. The van der Waals surface area contributed by atoms with Gasteiger partial charge in [0, 0.05) is 31.7 Å². The molecule has 1 saturated heterocycles. The molecule has 0 bridgehead atoms. The van der Waals surface area contributed by atoms with Gasteiger partial charge in [0.1, 0.15) is 0 Å². The fourth-order valence-corrected chi connectivity index (χ4v) is 3.84. The van der Waals surface area contributed by atoms with Gasteiger partial charge in [0.2, 0.25) is 0 Å². The van der Waals surface area contributed by atoms with E-state index in [2.05, 4.69) is 47.7 Å². The summed E-state index contributed by atoms with van der Waals surface area (Å²) in [7, 11) is 0. The molecule has 0 radical (unpaired) electrons. The number of nitrogen functional groups attached to an aromatic ring is 1. The third kappa shape index (κ3) is 2.85. The second kappa shape index (κ2) is 5.14. The third-order valence-electron chi connectivity index (χ3n) is 4.21. The molecule has 0 unspecified atom stereocenters. The molecule has 3 rings (SSSR count). The average Bonchev–Trinajstić information content (AvgIpc) is 2.76.